The van der Waals surface area contributed by atoms with Crippen LogP contribution in [0, 0.1) is 0 Å². The molecule has 0 aromatic heterocycles. The largest absolute Gasteiger partial charge is 0.441 e. The minimum atomic E-state index is -0.589. The average molecular weight is 170 g/mol. The molecule has 0 fully saturated rings. The first-order valence-corrected chi connectivity index (χ1v) is 3.15. The van der Waals surface area contributed by atoms with E-state index in [1.54, 1.807) is 0 Å². The fourth-order valence-electron chi connectivity index (χ4n) is 0.375. The summed E-state index contributed by atoms with van der Waals surface area (Å²) in [7, 11) is 0. The summed E-state index contributed by atoms with van der Waals surface area (Å²) in [6.45, 7) is 6.25. The second-order valence-corrected chi connectivity index (χ2v) is 1.67. The number of hydrogen-bond donors (Lipinski definition) is 2. The predicted molar refractivity (Wildman–Crippen MR) is 43.0 cm³/mol. The molecule has 12 heavy (non-hydrogen) atoms. The molecule has 0 rings (SSSR count). The third kappa shape index (κ3) is 5.04. The van der Waals surface area contributed by atoms with Gasteiger partial charge in [-0.2, -0.15) is 0 Å². The highest BCUT2D eigenvalue weighted by atomic mass is 16.5. The van der Waals surface area contributed by atoms with Gasteiger partial charge in [0.1, 0.15) is 0 Å². The molecule has 0 aliphatic rings. The molecule has 0 aliphatic carbocycles. The van der Waals surface area contributed by atoms with E-state index in [0.29, 0.717) is 0 Å². The maximum atomic E-state index is 10.6. The Morgan fingerprint density at radius 2 is 2.08 bits per heavy atom. The minimum Gasteiger partial charge on any atom is -0.441 e. The van der Waals surface area contributed by atoms with Crippen molar-refractivity contribution in [3.05, 3.63) is 25.4 Å². The lowest BCUT2D eigenvalue weighted by Gasteiger charge is -2.03. The molecule has 2 N–H and O–H groups in total. The lowest BCUT2D eigenvalue weighted by molar-refractivity contribution is -0.138. The molecule has 0 heterocycles. The van der Waals surface area contributed by atoms with Gasteiger partial charge in [0.05, 0.1) is 0 Å². The van der Waals surface area contributed by atoms with E-state index in [0.717, 1.165) is 6.08 Å². The molecule has 5 heteroatoms. The van der Waals surface area contributed by atoms with Crippen LogP contribution in [-0.2, 0) is 9.53 Å². The monoisotopic (exact) mass is 170 g/mol. The maximum absolute atomic E-state index is 10.6. The lowest BCUT2D eigenvalue weighted by atomic mass is 10.7. The van der Waals surface area contributed by atoms with Crippen LogP contribution in [0.3, 0.4) is 0 Å². The van der Waals surface area contributed by atoms with Gasteiger partial charge in [0.25, 0.3) is 0 Å². The first kappa shape index (κ1) is 10.2. The Hall–Kier alpha value is -1.78. The van der Waals surface area contributed by atoms with Crippen LogP contribution in [0.2, 0.25) is 0 Å². The van der Waals surface area contributed by atoms with Crippen LogP contribution < -0.4 is 10.6 Å². The van der Waals surface area contributed by atoms with Crippen LogP contribution >= 0.6 is 0 Å². The number of amides is 2. The van der Waals surface area contributed by atoms with Crippen molar-refractivity contribution >= 4 is 12.0 Å². The van der Waals surface area contributed by atoms with Gasteiger partial charge in [0.2, 0.25) is 0 Å². The third-order valence-corrected chi connectivity index (χ3v) is 0.847. The average Bonchev–Trinajstić information content (AvgIpc) is 2.04. The van der Waals surface area contributed by atoms with E-state index in [-0.39, 0.29) is 6.73 Å². The van der Waals surface area contributed by atoms with E-state index in [1.165, 1.54) is 6.20 Å². The lowest BCUT2D eigenvalue weighted by Crippen LogP contribution is -2.34. The molecule has 0 spiro atoms. The summed E-state index contributed by atoms with van der Waals surface area (Å²) in [6, 6.07) is -0.484. The van der Waals surface area contributed by atoms with Crippen molar-refractivity contribution in [2.45, 2.75) is 0 Å². The zero-order valence-corrected chi connectivity index (χ0v) is 6.50. The van der Waals surface area contributed by atoms with Gasteiger partial charge < -0.3 is 15.4 Å². The Morgan fingerprint density at radius 3 is 2.58 bits per heavy atom. The SMILES string of the molecule is C=CNC(=O)NCOC(=O)C=C. The summed E-state index contributed by atoms with van der Waals surface area (Å²) >= 11 is 0. The van der Waals surface area contributed by atoms with Crippen LogP contribution in [0.15, 0.2) is 25.4 Å². The first-order valence-electron chi connectivity index (χ1n) is 3.15. The van der Waals surface area contributed by atoms with Crippen LogP contribution in [0.25, 0.3) is 0 Å². The molecule has 0 aromatic carbocycles. The fourth-order valence-corrected chi connectivity index (χ4v) is 0.375. The summed E-state index contributed by atoms with van der Waals surface area (Å²) in [5.74, 6) is -0.589. The maximum Gasteiger partial charge on any atom is 0.331 e. The normalized spacial score (nSPS) is 8.00. The summed E-state index contributed by atoms with van der Waals surface area (Å²) < 4.78 is 4.44. The zero-order valence-electron chi connectivity index (χ0n) is 6.50. The number of esters is 1. The van der Waals surface area contributed by atoms with Crippen LogP contribution in [-0.4, -0.2) is 18.7 Å². The molecule has 2 amide bonds. The van der Waals surface area contributed by atoms with Gasteiger partial charge in [-0.05, 0) is 6.20 Å². The van der Waals surface area contributed by atoms with Crippen LogP contribution in [0.1, 0.15) is 0 Å². The smallest absolute Gasteiger partial charge is 0.331 e. The second-order valence-electron chi connectivity index (χ2n) is 1.67. The molecular weight excluding hydrogens is 160 g/mol. The molecule has 0 unspecified atom stereocenters. The van der Waals surface area contributed by atoms with E-state index in [9.17, 15) is 9.59 Å². The zero-order chi connectivity index (χ0) is 9.40. The highest BCUT2D eigenvalue weighted by molar-refractivity contribution is 5.81. The Bertz CT molecular complexity index is 201. The summed E-state index contributed by atoms with van der Waals surface area (Å²) in [6.07, 6.45) is 2.22. The van der Waals surface area contributed by atoms with Crippen molar-refractivity contribution in [3.63, 3.8) is 0 Å². The number of ether oxygens (including phenoxy) is 1. The summed E-state index contributed by atoms with van der Waals surface area (Å²) in [5.41, 5.74) is 0. The Balaban J connectivity index is 3.42. The van der Waals surface area contributed by atoms with Gasteiger partial charge in [-0.25, -0.2) is 9.59 Å². The van der Waals surface area contributed by atoms with Crippen molar-refractivity contribution in [1.29, 1.82) is 0 Å². The molecule has 66 valence electrons. The van der Waals surface area contributed by atoms with Gasteiger partial charge in [-0.1, -0.05) is 13.2 Å². The van der Waals surface area contributed by atoms with Crippen molar-refractivity contribution in [2.24, 2.45) is 0 Å². The Labute approximate surface area is 70.1 Å². The fraction of sp³-hybridized carbons (Fsp3) is 0.143. The van der Waals surface area contributed by atoms with E-state index in [2.05, 4.69) is 28.5 Å². The molecule has 5 nitrogen and oxygen atoms in total. The third-order valence-electron chi connectivity index (χ3n) is 0.847. The first-order chi connectivity index (χ1) is 5.70. The van der Waals surface area contributed by atoms with E-state index >= 15 is 0 Å². The highest BCUT2D eigenvalue weighted by Crippen LogP contribution is 1.75. The highest BCUT2D eigenvalue weighted by Gasteiger charge is 1.97. The van der Waals surface area contributed by atoms with Gasteiger partial charge in [0, 0.05) is 6.08 Å². The van der Waals surface area contributed by atoms with Gasteiger partial charge >= 0.3 is 12.0 Å². The van der Waals surface area contributed by atoms with Crippen molar-refractivity contribution < 1.29 is 14.3 Å². The second kappa shape index (κ2) is 5.96. The summed E-state index contributed by atoms with van der Waals surface area (Å²) in [4.78, 5) is 21.0. The molecule has 0 aromatic rings. The topological polar surface area (TPSA) is 67.4 Å². The molecule has 0 saturated carbocycles. The quantitative estimate of drug-likeness (QED) is 0.357. The number of carbonyl (C=O) groups is 2. The van der Waals surface area contributed by atoms with Gasteiger partial charge in [0.15, 0.2) is 6.73 Å². The van der Waals surface area contributed by atoms with Crippen molar-refractivity contribution in [1.82, 2.24) is 10.6 Å². The number of nitrogens with one attached hydrogen (secondary N) is 2. The Morgan fingerprint density at radius 1 is 1.42 bits per heavy atom. The number of hydrogen-bond acceptors (Lipinski definition) is 3. The standard InChI is InChI=1S/C7H10N2O3/c1-3-6(10)12-5-9-7(11)8-4-2/h3-4H,1-2,5H2,(H2,8,9,11). The number of carbonyl (C=O) groups excluding carboxylic acids is 2. The van der Waals surface area contributed by atoms with E-state index < -0.39 is 12.0 Å². The predicted octanol–water partition coefficient (Wildman–Crippen LogP) is 0.116. The van der Waals surface area contributed by atoms with Crippen LogP contribution in [0.5, 0.6) is 0 Å². The summed E-state index contributed by atoms with van der Waals surface area (Å²) in [5, 5.41) is 4.47. The van der Waals surface area contributed by atoms with Crippen molar-refractivity contribution in [2.75, 3.05) is 6.73 Å². The van der Waals surface area contributed by atoms with Gasteiger partial charge in [-0.15, -0.1) is 0 Å². The molecule has 0 bridgehead atoms. The van der Waals surface area contributed by atoms with Crippen molar-refractivity contribution in [3.8, 4) is 0 Å². The van der Waals surface area contributed by atoms with E-state index in [4.69, 9.17) is 0 Å². The molecular formula is C7H10N2O3. The molecule has 0 atom stereocenters. The number of rotatable bonds is 4. The molecule has 0 saturated heterocycles. The molecule has 0 radical (unpaired) electrons. The van der Waals surface area contributed by atoms with Gasteiger partial charge in [-0.3, -0.25) is 0 Å². The number of urea groups is 1. The molecule has 0 aliphatic heterocycles. The Kier molecular flexibility index (Phi) is 5.08. The van der Waals surface area contributed by atoms with E-state index in [1.807, 2.05) is 0 Å². The van der Waals surface area contributed by atoms with Crippen LogP contribution in [0.4, 0.5) is 4.79 Å². The minimum absolute atomic E-state index is 0.190.